The molecular weight excluding hydrogens is 248 g/mol. The van der Waals surface area contributed by atoms with Gasteiger partial charge in [-0.05, 0) is 41.0 Å². The third-order valence-corrected chi connectivity index (χ3v) is 3.97. The molecule has 0 aromatic heterocycles. The molecule has 0 saturated heterocycles. The molecule has 0 aliphatic carbocycles. The lowest BCUT2D eigenvalue weighted by Crippen LogP contribution is -2.35. The van der Waals surface area contributed by atoms with Crippen LogP contribution in [0.3, 0.4) is 0 Å². The predicted molar refractivity (Wildman–Crippen MR) is 74.3 cm³/mol. The molecule has 106 valence electrons. The van der Waals surface area contributed by atoms with Gasteiger partial charge in [0, 0.05) is 17.8 Å². The van der Waals surface area contributed by atoms with Crippen LogP contribution in [-0.4, -0.2) is 27.7 Å². The maximum absolute atomic E-state index is 11.8. The first-order valence-electron chi connectivity index (χ1n) is 6.55. The second-order valence-electron chi connectivity index (χ2n) is 4.74. The molecule has 0 unspecified atom stereocenters. The molecule has 18 heavy (non-hydrogen) atoms. The summed E-state index contributed by atoms with van der Waals surface area (Å²) in [5.74, 6) is -0.332. The van der Waals surface area contributed by atoms with E-state index in [-0.39, 0.29) is 18.2 Å². The van der Waals surface area contributed by atoms with Gasteiger partial charge in [-0.25, -0.2) is 4.79 Å². The van der Waals surface area contributed by atoms with Gasteiger partial charge in [-0.2, -0.15) is 0 Å². The van der Waals surface area contributed by atoms with E-state index < -0.39 is 9.53 Å². The fraction of sp³-hybridized carbons (Fsp3) is 0.769. The second-order valence-corrected chi connectivity index (χ2v) is 6.10. The summed E-state index contributed by atoms with van der Waals surface area (Å²) < 4.78 is 16.4. The van der Waals surface area contributed by atoms with Crippen LogP contribution in [0.4, 0.5) is 0 Å². The quantitative estimate of drug-likeness (QED) is 0.504. The van der Waals surface area contributed by atoms with Crippen LogP contribution < -0.4 is 0 Å². The molecular formula is C13H26O4Si. The summed E-state index contributed by atoms with van der Waals surface area (Å²) in [5, 5.41) is 0. The second kappa shape index (κ2) is 9.30. The fourth-order valence-corrected chi connectivity index (χ4v) is 2.58. The third-order valence-electron chi connectivity index (χ3n) is 2.03. The van der Waals surface area contributed by atoms with Crippen molar-refractivity contribution in [2.24, 2.45) is 0 Å². The highest BCUT2D eigenvalue weighted by Crippen LogP contribution is 2.07. The maximum Gasteiger partial charge on any atom is 0.552 e. The number of rotatable bonds is 8. The summed E-state index contributed by atoms with van der Waals surface area (Å²) in [6.45, 7) is 11.4. The Morgan fingerprint density at radius 3 is 2.06 bits per heavy atom. The Bertz CT molecular complexity index is 264. The molecule has 0 aliphatic rings. The van der Waals surface area contributed by atoms with Gasteiger partial charge in [0.05, 0.1) is 0 Å². The molecule has 0 N–H and O–H groups in total. The van der Waals surface area contributed by atoms with E-state index in [4.69, 9.17) is 13.3 Å². The SMILES string of the molecule is CCCC=C(C)C(=O)O[SiH](OC(C)C)OC(C)C. The van der Waals surface area contributed by atoms with Crippen molar-refractivity contribution < 1.29 is 18.1 Å². The van der Waals surface area contributed by atoms with Gasteiger partial charge in [-0.15, -0.1) is 0 Å². The van der Waals surface area contributed by atoms with Crippen molar-refractivity contribution in [2.45, 2.75) is 66.6 Å². The smallest absolute Gasteiger partial charge is 0.472 e. The lowest BCUT2D eigenvalue weighted by Gasteiger charge is -2.20. The summed E-state index contributed by atoms with van der Waals surface area (Å²) in [5.41, 5.74) is 0.620. The van der Waals surface area contributed by atoms with Gasteiger partial charge >= 0.3 is 15.5 Å². The Labute approximate surface area is 112 Å². The van der Waals surface area contributed by atoms with Gasteiger partial charge < -0.3 is 13.3 Å². The number of carbonyl (C=O) groups excluding carboxylic acids is 1. The van der Waals surface area contributed by atoms with E-state index in [1.807, 2.05) is 33.8 Å². The Morgan fingerprint density at radius 2 is 1.67 bits per heavy atom. The van der Waals surface area contributed by atoms with E-state index in [0.717, 1.165) is 12.8 Å². The minimum Gasteiger partial charge on any atom is -0.472 e. The number of hydrogen-bond donors (Lipinski definition) is 0. The largest absolute Gasteiger partial charge is 0.552 e. The van der Waals surface area contributed by atoms with Crippen molar-refractivity contribution in [3.8, 4) is 0 Å². The zero-order valence-electron chi connectivity index (χ0n) is 12.4. The molecule has 0 aromatic carbocycles. The normalized spacial score (nSPS) is 12.6. The van der Waals surface area contributed by atoms with Crippen molar-refractivity contribution in [1.82, 2.24) is 0 Å². The number of carbonyl (C=O) groups is 1. The van der Waals surface area contributed by atoms with Crippen LogP contribution in [0.25, 0.3) is 0 Å². The molecule has 4 nitrogen and oxygen atoms in total. The molecule has 0 spiro atoms. The first-order chi connectivity index (χ1) is 8.36. The Hall–Kier alpha value is -0.653. The first kappa shape index (κ1) is 17.3. The van der Waals surface area contributed by atoms with Crippen LogP contribution >= 0.6 is 0 Å². The highest BCUT2D eigenvalue weighted by atomic mass is 28.3. The number of allylic oxidation sites excluding steroid dienone is 1. The summed E-state index contributed by atoms with van der Waals surface area (Å²) in [4.78, 5) is 11.8. The van der Waals surface area contributed by atoms with E-state index >= 15 is 0 Å². The molecule has 0 fully saturated rings. The zero-order chi connectivity index (χ0) is 14.1. The van der Waals surface area contributed by atoms with E-state index in [1.54, 1.807) is 6.92 Å². The summed E-state index contributed by atoms with van der Waals surface area (Å²) in [6, 6.07) is 0. The highest BCUT2D eigenvalue weighted by molar-refractivity contribution is 6.40. The number of hydrogen-bond acceptors (Lipinski definition) is 4. The van der Waals surface area contributed by atoms with Crippen molar-refractivity contribution in [3.05, 3.63) is 11.6 Å². The van der Waals surface area contributed by atoms with Crippen molar-refractivity contribution >= 4 is 15.5 Å². The molecule has 0 saturated carbocycles. The fourth-order valence-electron chi connectivity index (χ4n) is 1.16. The van der Waals surface area contributed by atoms with Gasteiger partial charge in [0.25, 0.3) is 0 Å². The monoisotopic (exact) mass is 274 g/mol. The molecule has 0 amide bonds. The molecule has 0 heterocycles. The van der Waals surface area contributed by atoms with Crippen molar-refractivity contribution in [3.63, 3.8) is 0 Å². The van der Waals surface area contributed by atoms with E-state index in [2.05, 4.69) is 6.92 Å². The minimum absolute atomic E-state index is 0.00635. The van der Waals surface area contributed by atoms with E-state index in [9.17, 15) is 4.79 Å². The molecule has 0 aromatic rings. The van der Waals surface area contributed by atoms with Crippen molar-refractivity contribution in [1.29, 1.82) is 0 Å². The maximum atomic E-state index is 11.8. The van der Waals surface area contributed by atoms with Gasteiger partial charge in [-0.1, -0.05) is 19.4 Å². The molecule has 5 heteroatoms. The van der Waals surface area contributed by atoms with Gasteiger partial charge in [0.2, 0.25) is 0 Å². The van der Waals surface area contributed by atoms with E-state index in [0.29, 0.717) is 5.57 Å². The molecule has 0 bridgehead atoms. The van der Waals surface area contributed by atoms with Crippen LogP contribution in [0.5, 0.6) is 0 Å². The standard InChI is InChI=1S/C13H26O4Si/c1-7-8-9-12(6)13(14)17-18(15-10(2)3)16-11(4)5/h9-11,18H,7-8H2,1-6H3. The predicted octanol–water partition coefficient (Wildman–Crippen LogP) is 2.84. The number of unbranched alkanes of at least 4 members (excludes halogenated alkanes) is 1. The first-order valence-corrected chi connectivity index (χ1v) is 7.96. The van der Waals surface area contributed by atoms with Crippen LogP contribution in [0.15, 0.2) is 11.6 Å². The van der Waals surface area contributed by atoms with E-state index in [1.165, 1.54) is 0 Å². The van der Waals surface area contributed by atoms with Crippen LogP contribution in [0, 0.1) is 0 Å². The summed E-state index contributed by atoms with van der Waals surface area (Å²) in [6.07, 6.45) is 3.76. The van der Waals surface area contributed by atoms with Gasteiger partial charge in [-0.3, -0.25) is 0 Å². The van der Waals surface area contributed by atoms with Crippen LogP contribution in [0.1, 0.15) is 54.4 Å². The molecule has 0 aliphatic heterocycles. The summed E-state index contributed by atoms with van der Waals surface area (Å²) >= 11 is 0. The Kier molecular flexibility index (Phi) is 8.96. The lowest BCUT2D eigenvalue weighted by molar-refractivity contribution is -0.134. The van der Waals surface area contributed by atoms with Crippen molar-refractivity contribution in [2.75, 3.05) is 0 Å². The van der Waals surface area contributed by atoms with Crippen LogP contribution in [-0.2, 0) is 18.1 Å². The average Bonchev–Trinajstić information content (AvgIpc) is 2.23. The lowest BCUT2D eigenvalue weighted by atomic mass is 10.2. The minimum atomic E-state index is -2.39. The molecule has 0 atom stereocenters. The molecule has 0 radical (unpaired) electrons. The third kappa shape index (κ3) is 8.44. The Morgan fingerprint density at radius 1 is 1.17 bits per heavy atom. The Balaban J connectivity index is 4.42. The highest BCUT2D eigenvalue weighted by Gasteiger charge is 2.24. The van der Waals surface area contributed by atoms with Crippen LogP contribution in [0.2, 0.25) is 0 Å². The molecule has 0 rings (SSSR count). The van der Waals surface area contributed by atoms with Gasteiger partial charge in [0.1, 0.15) is 0 Å². The zero-order valence-corrected chi connectivity index (χ0v) is 13.5. The summed E-state index contributed by atoms with van der Waals surface area (Å²) in [7, 11) is -2.39. The topological polar surface area (TPSA) is 44.8 Å². The van der Waals surface area contributed by atoms with Gasteiger partial charge in [0.15, 0.2) is 0 Å². The average molecular weight is 274 g/mol.